The van der Waals surface area contributed by atoms with Gasteiger partial charge in [-0.05, 0) is 48.4 Å². The molecule has 26 heavy (non-hydrogen) atoms. The quantitative estimate of drug-likeness (QED) is 0.701. The van der Waals surface area contributed by atoms with Crippen LogP contribution in [-0.2, 0) is 11.2 Å². The Morgan fingerprint density at radius 1 is 1.15 bits per heavy atom. The number of nitrogens with zero attached hydrogens (tertiary/aromatic N) is 2. The van der Waals surface area contributed by atoms with Gasteiger partial charge in [0.2, 0.25) is 18.2 Å². The fourth-order valence-electron chi connectivity index (χ4n) is 2.58. The van der Waals surface area contributed by atoms with E-state index in [0.717, 1.165) is 22.6 Å². The van der Waals surface area contributed by atoms with E-state index in [1.807, 2.05) is 36.4 Å². The fraction of sp³-hybridized carbons (Fsp3) is 0.211. The summed E-state index contributed by atoms with van der Waals surface area (Å²) in [6.07, 6.45) is 2.12. The predicted octanol–water partition coefficient (Wildman–Crippen LogP) is 3.33. The second-order valence-corrected chi connectivity index (χ2v) is 5.55. The largest absolute Gasteiger partial charge is 0.497 e. The van der Waals surface area contributed by atoms with Gasteiger partial charge in [-0.25, -0.2) is 0 Å². The maximum absolute atomic E-state index is 12.3. The van der Waals surface area contributed by atoms with Gasteiger partial charge in [0.1, 0.15) is 11.5 Å². The third kappa shape index (κ3) is 4.18. The van der Waals surface area contributed by atoms with Gasteiger partial charge in [0, 0.05) is 17.7 Å². The van der Waals surface area contributed by atoms with E-state index in [0.29, 0.717) is 24.4 Å². The summed E-state index contributed by atoms with van der Waals surface area (Å²) in [6, 6.07) is 12.8. The molecule has 1 heterocycles. The maximum atomic E-state index is 12.3. The van der Waals surface area contributed by atoms with E-state index in [2.05, 4.69) is 15.5 Å². The number of aryl methyl sites for hydroxylation is 1. The van der Waals surface area contributed by atoms with Crippen molar-refractivity contribution >= 4 is 11.6 Å². The van der Waals surface area contributed by atoms with Crippen molar-refractivity contribution in [2.24, 2.45) is 0 Å². The summed E-state index contributed by atoms with van der Waals surface area (Å²) in [4.78, 5) is 12.3. The minimum Gasteiger partial charge on any atom is -0.497 e. The molecule has 1 amide bonds. The third-order valence-corrected chi connectivity index (χ3v) is 3.86. The van der Waals surface area contributed by atoms with Crippen LogP contribution in [0.1, 0.15) is 12.0 Å². The van der Waals surface area contributed by atoms with Crippen LogP contribution in [0, 0.1) is 0 Å². The zero-order valence-corrected chi connectivity index (χ0v) is 14.6. The van der Waals surface area contributed by atoms with Crippen molar-refractivity contribution in [1.29, 1.82) is 0 Å². The molecular formula is C19H19N3O4. The van der Waals surface area contributed by atoms with Crippen molar-refractivity contribution in [2.45, 2.75) is 12.8 Å². The first-order valence-corrected chi connectivity index (χ1v) is 8.07. The molecule has 0 unspecified atom stereocenters. The van der Waals surface area contributed by atoms with E-state index < -0.39 is 0 Å². The van der Waals surface area contributed by atoms with Crippen molar-refractivity contribution in [3.63, 3.8) is 0 Å². The molecule has 0 saturated heterocycles. The molecule has 1 aromatic heterocycles. The molecular weight excluding hydrogens is 334 g/mol. The van der Waals surface area contributed by atoms with E-state index in [1.165, 1.54) is 6.39 Å². The minimum atomic E-state index is -0.0995. The number of hydrogen-bond donors (Lipinski definition) is 1. The first-order valence-electron chi connectivity index (χ1n) is 8.07. The standard InChI is InChI=1S/C19H19N3O4/c1-24-16-7-8-17(25-2)13(11-16)6-9-18(23)21-15-5-3-4-14(10-15)19-22-20-12-26-19/h3-5,7-8,10-12H,6,9H2,1-2H3,(H,21,23). The lowest BCUT2D eigenvalue weighted by molar-refractivity contribution is -0.116. The van der Waals surface area contributed by atoms with Gasteiger partial charge < -0.3 is 19.2 Å². The van der Waals surface area contributed by atoms with Gasteiger partial charge in [0.15, 0.2) is 0 Å². The number of amides is 1. The molecule has 0 spiro atoms. The number of rotatable bonds is 7. The van der Waals surface area contributed by atoms with Crippen LogP contribution in [0.5, 0.6) is 11.5 Å². The van der Waals surface area contributed by atoms with Crippen molar-refractivity contribution < 1.29 is 18.7 Å². The molecule has 0 aliphatic carbocycles. The van der Waals surface area contributed by atoms with Crippen LogP contribution in [0.25, 0.3) is 11.5 Å². The molecule has 1 N–H and O–H groups in total. The van der Waals surface area contributed by atoms with Crippen molar-refractivity contribution in [3.05, 3.63) is 54.4 Å². The number of methoxy groups -OCH3 is 2. The number of benzene rings is 2. The highest BCUT2D eigenvalue weighted by molar-refractivity contribution is 5.91. The molecule has 0 atom stereocenters. The molecule has 3 aromatic rings. The Morgan fingerprint density at radius 3 is 2.77 bits per heavy atom. The zero-order chi connectivity index (χ0) is 18.4. The van der Waals surface area contributed by atoms with Crippen LogP contribution in [0.2, 0.25) is 0 Å². The third-order valence-electron chi connectivity index (χ3n) is 3.86. The van der Waals surface area contributed by atoms with Crippen molar-refractivity contribution in [2.75, 3.05) is 19.5 Å². The number of ether oxygens (including phenoxy) is 2. The van der Waals surface area contributed by atoms with Gasteiger partial charge in [0.05, 0.1) is 14.2 Å². The van der Waals surface area contributed by atoms with E-state index in [-0.39, 0.29) is 5.91 Å². The number of hydrogen-bond acceptors (Lipinski definition) is 6. The molecule has 0 aliphatic heterocycles. The summed E-state index contributed by atoms with van der Waals surface area (Å²) in [7, 11) is 3.21. The molecule has 7 nitrogen and oxygen atoms in total. The average Bonchev–Trinajstić information content (AvgIpc) is 3.21. The molecule has 0 bridgehead atoms. The van der Waals surface area contributed by atoms with Gasteiger partial charge in [-0.3, -0.25) is 4.79 Å². The summed E-state index contributed by atoms with van der Waals surface area (Å²) in [5.41, 5.74) is 2.33. The minimum absolute atomic E-state index is 0.0995. The predicted molar refractivity (Wildman–Crippen MR) is 96.2 cm³/mol. The van der Waals surface area contributed by atoms with Crippen molar-refractivity contribution in [1.82, 2.24) is 10.2 Å². The molecule has 3 rings (SSSR count). The summed E-state index contributed by atoms with van der Waals surface area (Å²) >= 11 is 0. The number of anilines is 1. The van der Waals surface area contributed by atoms with Gasteiger partial charge in [-0.15, -0.1) is 10.2 Å². The monoisotopic (exact) mass is 353 g/mol. The second kappa shape index (κ2) is 8.15. The lowest BCUT2D eigenvalue weighted by Crippen LogP contribution is -2.12. The van der Waals surface area contributed by atoms with Crippen LogP contribution in [0.4, 0.5) is 5.69 Å². The van der Waals surface area contributed by atoms with Gasteiger partial charge in [-0.1, -0.05) is 6.07 Å². The molecule has 0 radical (unpaired) electrons. The van der Waals surface area contributed by atoms with Gasteiger partial charge >= 0.3 is 0 Å². The molecule has 0 aliphatic rings. The number of aromatic nitrogens is 2. The highest BCUT2D eigenvalue weighted by atomic mass is 16.5. The molecule has 0 saturated carbocycles. The number of carbonyl (C=O) groups is 1. The Bertz CT molecular complexity index is 878. The van der Waals surface area contributed by atoms with E-state index in [4.69, 9.17) is 13.9 Å². The Kier molecular flexibility index (Phi) is 5.48. The van der Waals surface area contributed by atoms with E-state index >= 15 is 0 Å². The highest BCUT2D eigenvalue weighted by Crippen LogP contribution is 2.25. The van der Waals surface area contributed by atoms with Crippen LogP contribution < -0.4 is 14.8 Å². The summed E-state index contributed by atoms with van der Waals surface area (Å²) in [5, 5.41) is 10.4. The Morgan fingerprint density at radius 2 is 2.04 bits per heavy atom. The Hall–Kier alpha value is -3.35. The second-order valence-electron chi connectivity index (χ2n) is 5.55. The van der Waals surface area contributed by atoms with Crippen molar-refractivity contribution in [3.8, 4) is 23.0 Å². The lowest BCUT2D eigenvalue weighted by Gasteiger charge is -2.11. The molecule has 7 heteroatoms. The lowest BCUT2D eigenvalue weighted by atomic mass is 10.1. The normalized spacial score (nSPS) is 10.4. The van der Waals surface area contributed by atoms with Crippen LogP contribution >= 0.6 is 0 Å². The first kappa shape index (κ1) is 17.5. The topological polar surface area (TPSA) is 86.5 Å². The molecule has 2 aromatic carbocycles. The first-order chi connectivity index (χ1) is 12.7. The van der Waals surface area contributed by atoms with E-state index in [1.54, 1.807) is 20.3 Å². The van der Waals surface area contributed by atoms with Crippen LogP contribution in [-0.4, -0.2) is 30.3 Å². The van der Waals surface area contributed by atoms with Gasteiger partial charge in [0.25, 0.3) is 0 Å². The van der Waals surface area contributed by atoms with Crippen LogP contribution in [0.3, 0.4) is 0 Å². The highest BCUT2D eigenvalue weighted by Gasteiger charge is 2.10. The molecule has 134 valence electrons. The Balaban J connectivity index is 1.64. The zero-order valence-electron chi connectivity index (χ0n) is 14.6. The summed E-state index contributed by atoms with van der Waals surface area (Å²) < 4.78 is 15.7. The summed E-state index contributed by atoms with van der Waals surface area (Å²) in [5.74, 6) is 1.77. The smallest absolute Gasteiger partial charge is 0.247 e. The summed E-state index contributed by atoms with van der Waals surface area (Å²) in [6.45, 7) is 0. The SMILES string of the molecule is COc1ccc(OC)c(CCC(=O)Nc2cccc(-c3nnco3)c2)c1. The average molecular weight is 353 g/mol. The Labute approximate surface area is 151 Å². The van der Waals surface area contributed by atoms with Gasteiger partial charge in [-0.2, -0.15) is 0 Å². The number of nitrogens with one attached hydrogen (secondary N) is 1. The molecule has 0 fully saturated rings. The van der Waals surface area contributed by atoms with E-state index in [9.17, 15) is 4.79 Å². The number of carbonyl (C=O) groups excluding carboxylic acids is 1. The van der Waals surface area contributed by atoms with Crippen LogP contribution in [0.15, 0.2) is 53.3 Å². The fourth-order valence-corrected chi connectivity index (χ4v) is 2.58. The maximum Gasteiger partial charge on any atom is 0.247 e.